The van der Waals surface area contributed by atoms with Gasteiger partial charge >= 0.3 is 18.9 Å². The Morgan fingerprint density at radius 2 is 1.91 bits per heavy atom. The predicted octanol–water partition coefficient (Wildman–Crippen LogP) is -0.118. The van der Waals surface area contributed by atoms with Crippen LogP contribution in [0.2, 0.25) is 0 Å². The normalized spacial score (nSPS) is 8.00. The van der Waals surface area contributed by atoms with Crippen molar-refractivity contribution in [2.75, 3.05) is 6.54 Å². The zero-order valence-electron chi connectivity index (χ0n) is 6.83. The van der Waals surface area contributed by atoms with Crippen LogP contribution in [-0.2, 0) is 0 Å². The average molecular weight is 139 g/mol. The van der Waals surface area contributed by atoms with Gasteiger partial charge in [-0.1, -0.05) is 30.3 Å². The summed E-state index contributed by atoms with van der Waals surface area (Å²) in [4.78, 5) is 0. The minimum Gasteiger partial charge on any atom is -0.681 e. The quantitative estimate of drug-likeness (QED) is 0.409. The Morgan fingerprint density at radius 1 is 1.27 bits per heavy atom. The van der Waals surface area contributed by atoms with E-state index in [0.29, 0.717) is 6.54 Å². The molecule has 0 N–H and O–H groups in total. The van der Waals surface area contributed by atoms with E-state index in [-0.39, 0.29) is 18.9 Å². The van der Waals surface area contributed by atoms with E-state index in [1.54, 1.807) is 6.08 Å². The van der Waals surface area contributed by atoms with Crippen molar-refractivity contribution in [1.82, 2.24) is 0 Å². The van der Waals surface area contributed by atoms with Crippen LogP contribution in [0.15, 0.2) is 43.0 Å². The second-order valence-corrected chi connectivity index (χ2v) is 1.96. The molecule has 2 heteroatoms. The van der Waals surface area contributed by atoms with Crippen molar-refractivity contribution in [2.24, 2.45) is 0 Å². The third kappa shape index (κ3) is 3.93. The molecule has 0 atom stereocenters. The Balaban J connectivity index is 0.000001000. The molecule has 0 heterocycles. The van der Waals surface area contributed by atoms with Gasteiger partial charge in [0.05, 0.1) is 0 Å². The van der Waals surface area contributed by atoms with Crippen molar-refractivity contribution in [3.05, 3.63) is 48.3 Å². The maximum atomic E-state index is 4.21. The zero-order valence-corrected chi connectivity index (χ0v) is 6.83. The summed E-state index contributed by atoms with van der Waals surface area (Å²) < 4.78 is 0. The predicted molar refractivity (Wildman–Crippen MR) is 44.5 cm³/mol. The standard InChI is InChI=1S/C9H10N.Li/c1-2-8-10-9-6-4-3-5-7-9;/h2-7H,1,8H2;/q-1;+1. The number of rotatable bonds is 3. The maximum Gasteiger partial charge on any atom is 1.00 e. The molecule has 0 radical (unpaired) electrons. The Hall–Kier alpha value is -0.643. The molecule has 0 saturated carbocycles. The van der Waals surface area contributed by atoms with Crippen LogP contribution in [0.5, 0.6) is 0 Å². The second-order valence-electron chi connectivity index (χ2n) is 1.96. The summed E-state index contributed by atoms with van der Waals surface area (Å²) >= 11 is 0. The van der Waals surface area contributed by atoms with Gasteiger partial charge in [-0.2, -0.15) is 0 Å². The largest absolute Gasteiger partial charge is 1.00 e. The number of para-hydroxylation sites is 1. The van der Waals surface area contributed by atoms with Gasteiger partial charge in [0.2, 0.25) is 0 Å². The van der Waals surface area contributed by atoms with Gasteiger partial charge in [0, 0.05) is 0 Å². The van der Waals surface area contributed by atoms with Gasteiger partial charge in [0.25, 0.3) is 0 Å². The van der Waals surface area contributed by atoms with Gasteiger partial charge in [-0.3, -0.25) is 0 Å². The van der Waals surface area contributed by atoms with Crippen molar-refractivity contribution < 1.29 is 18.9 Å². The Kier molecular flexibility index (Phi) is 5.74. The number of benzene rings is 1. The fourth-order valence-corrected chi connectivity index (χ4v) is 0.703. The van der Waals surface area contributed by atoms with Crippen LogP contribution in [0, 0.1) is 0 Å². The van der Waals surface area contributed by atoms with Gasteiger partial charge in [0.15, 0.2) is 0 Å². The fourth-order valence-electron chi connectivity index (χ4n) is 0.703. The molecule has 1 rings (SSSR count). The molecule has 0 saturated heterocycles. The molecule has 0 aromatic heterocycles. The van der Waals surface area contributed by atoms with Gasteiger partial charge in [-0.05, 0) is 0 Å². The van der Waals surface area contributed by atoms with E-state index in [4.69, 9.17) is 0 Å². The van der Waals surface area contributed by atoms with Crippen molar-refractivity contribution in [2.45, 2.75) is 0 Å². The third-order valence-electron chi connectivity index (χ3n) is 1.16. The van der Waals surface area contributed by atoms with Crippen LogP contribution in [0.1, 0.15) is 0 Å². The molecule has 0 unspecified atom stereocenters. The monoisotopic (exact) mass is 139 g/mol. The van der Waals surface area contributed by atoms with Crippen LogP contribution >= 0.6 is 0 Å². The van der Waals surface area contributed by atoms with Gasteiger partial charge in [-0.15, -0.1) is 24.9 Å². The molecule has 0 spiro atoms. The third-order valence-corrected chi connectivity index (χ3v) is 1.16. The van der Waals surface area contributed by atoms with Gasteiger partial charge < -0.3 is 5.32 Å². The number of hydrogen-bond acceptors (Lipinski definition) is 0. The first-order chi connectivity index (χ1) is 4.93. The molecule has 1 aromatic rings. The zero-order chi connectivity index (χ0) is 7.23. The smallest absolute Gasteiger partial charge is 0.681 e. The van der Waals surface area contributed by atoms with E-state index >= 15 is 0 Å². The summed E-state index contributed by atoms with van der Waals surface area (Å²) in [5.41, 5.74) is 1.02. The van der Waals surface area contributed by atoms with Crippen molar-refractivity contribution in [1.29, 1.82) is 0 Å². The van der Waals surface area contributed by atoms with E-state index in [2.05, 4.69) is 11.9 Å². The van der Waals surface area contributed by atoms with Gasteiger partial charge in [0.1, 0.15) is 0 Å². The SMILES string of the molecule is C=CC[N-]c1ccccc1.[Li+]. The van der Waals surface area contributed by atoms with Crippen molar-refractivity contribution in [3.8, 4) is 0 Å². The van der Waals surface area contributed by atoms with Crippen LogP contribution < -0.4 is 18.9 Å². The summed E-state index contributed by atoms with van der Waals surface area (Å²) in [5.74, 6) is 0. The molecule has 1 nitrogen and oxygen atoms in total. The molecule has 11 heavy (non-hydrogen) atoms. The molecule has 0 aliphatic rings. The van der Waals surface area contributed by atoms with Crippen molar-refractivity contribution in [3.63, 3.8) is 0 Å². The van der Waals surface area contributed by atoms with Crippen LogP contribution in [0.3, 0.4) is 0 Å². The minimum atomic E-state index is 0. The summed E-state index contributed by atoms with van der Waals surface area (Å²) in [6, 6.07) is 9.88. The minimum absolute atomic E-state index is 0. The molecular weight excluding hydrogens is 129 g/mol. The van der Waals surface area contributed by atoms with Crippen LogP contribution in [0.4, 0.5) is 5.69 Å². The van der Waals surface area contributed by atoms with E-state index in [1.807, 2.05) is 30.3 Å². The van der Waals surface area contributed by atoms with Crippen LogP contribution in [0.25, 0.3) is 5.32 Å². The second kappa shape index (κ2) is 6.09. The molecule has 52 valence electrons. The Labute approximate surface area is 79.7 Å². The van der Waals surface area contributed by atoms with E-state index in [0.717, 1.165) is 5.69 Å². The first-order valence-corrected chi connectivity index (χ1v) is 3.27. The molecule has 0 fully saturated rings. The van der Waals surface area contributed by atoms with E-state index < -0.39 is 0 Å². The molecule has 0 aliphatic heterocycles. The average Bonchev–Trinajstić information content (AvgIpc) is 2.03. The Bertz CT molecular complexity index is 196. The molecular formula is C9H10LiN. The van der Waals surface area contributed by atoms with E-state index in [9.17, 15) is 0 Å². The molecule has 0 amide bonds. The topological polar surface area (TPSA) is 14.1 Å². The van der Waals surface area contributed by atoms with E-state index in [1.165, 1.54) is 0 Å². The first-order valence-electron chi connectivity index (χ1n) is 3.27. The van der Waals surface area contributed by atoms with Crippen LogP contribution in [-0.4, -0.2) is 6.54 Å². The fraction of sp³-hybridized carbons (Fsp3) is 0.111. The summed E-state index contributed by atoms with van der Waals surface area (Å²) in [6.07, 6.45) is 1.78. The first kappa shape index (κ1) is 10.4. The summed E-state index contributed by atoms with van der Waals surface area (Å²) in [5, 5.41) is 4.21. The molecule has 0 bridgehead atoms. The number of nitrogens with zero attached hydrogens (tertiary/aromatic N) is 1. The Morgan fingerprint density at radius 3 is 2.45 bits per heavy atom. The van der Waals surface area contributed by atoms with Crippen molar-refractivity contribution >= 4 is 5.69 Å². The summed E-state index contributed by atoms with van der Waals surface area (Å²) in [7, 11) is 0. The van der Waals surface area contributed by atoms with Gasteiger partial charge in [-0.25, -0.2) is 0 Å². The number of hydrogen-bond donors (Lipinski definition) is 0. The molecule has 1 aromatic carbocycles. The maximum absolute atomic E-state index is 4.21. The summed E-state index contributed by atoms with van der Waals surface area (Å²) in [6.45, 7) is 4.28. The molecule has 0 aliphatic carbocycles.